The van der Waals surface area contributed by atoms with Crippen molar-refractivity contribution in [3.63, 3.8) is 0 Å². The smallest absolute Gasteiger partial charge is 0.236 e. The molecule has 132 valence electrons. The molecule has 25 heavy (non-hydrogen) atoms. The Balaban J connectivity index is 1.94. The van der Waals surface area contributed by atoms with Gasteiger partial charge in [-0.15, -0.1) is 0 Å². The van der Waals surface area contributed by atoms with Crippen LogP contribution in [0.5, 0.6) is 0 Å². The summed E-state index contributed by atoms with van der Waals surface area (Å²) in [5.41, 5.74) is 7.38. The van der Waals surface area contributed by atoms with Crippen molar-refractivity contribution in [1.82, 2.24) is 0 Å². The molecule has 2 rings (SSSR count). The normalized spacial score (nSPS) is 12.9. The molecule has 1 unspecified atom stereocenters. The van der Waals surface area contributed by atoms with E-state index in [4.69, 9.17) is 26.3 Å². The molecule has 0 amide bonds. The van der Waals surface area contributed by atoms with Crippen molar-refractivity contribution in [2.75, 3.05) is 0 Å². The van der Waals surface area contributed by atoms with E-state index in [2.05, 4.69) is 0 Å². The van der Waals surface area contributed by atoms with Crippen LogP contribution in [0, 0.1) is 5.82 Å². The number of benzene rings is 2. The monoisotopic (exact) mass is 381 g/mol. The second-order valence-electron chi connectivity index (χ2n) is 5.13. The van der Waals surface area contributed by atoms with E-state index in [0.29, 0.717) is 17.1 Å². The third kappa shape index (κ3) is 5.99. The van der Waals surface area contributed by atoms with E-state index in [1.807, 2.05) is 0 Å². The number of aldehydes is 1. The van der Waals surface area contributed by atoms with Gasteiger partial charge in [0.1, 0.15) is 11.9 Å². The van der Waals surface area contributed by atoms with Gasteiger partial charge in [-0.25, -0.2) is 4.39 Å². The van der Waals surface area contributed by atoms with Gasteiger partial charge in [-0.1, -0.05) is 35.9 Å². The fourth-order valence-electron chi connectivity index (χ4n) is 1.96. The fourth-order valence-corrected chi connectivity index (χ4v) is 2.71. The summed E-state index contributed by atoms with van der Waals surface area (Å²) in [6, 6.07) is 13.2. The van der Waals surface area contributed by atoms with E-state index in [-0.39, 0.29) is 23.6 Å². The summed E-state index contributed by atoms with van der Waals surface area (Å²) in [4.78, 5) is 11.2. The van der Waals surface area contributed by atoms with Crippen molar-refractivity contribution in [1.29, 1.82) is 0 Å². The number of allylic oxidation sites excluding steroid dienone is 1. The summed E-state index contributed by atoms with van der Waals surface area (Å²) in [5, 5.41) is 0.616. The van der Waals surface area contributed by atoms with E-state index in [9.17, 15) is 9.18 Å². The van der Waals surface area contributed by atoms with Crippen LogP contribution in [0.3, 0.4) is 0 Å². The summed E-state index contributed by atoms with van der Waals surface area (Å²) in [6.45, 7) is 1.79. The predicted molar refractivity (Wildman–Crippen MR) is 97.0 cm³/mol. The molecule has 2 aromatic rings. The Kier molecular flexibility index (Phi) is 7.16. The zero-order valence-electron chi connectivity index (χ0n) is 13.4. The molecule has 0 saturated heterocycles. The van der Waals surface area contributed by atoms with Crippen LogP contribution in [0.15, 0.2) is 60.2 Å². The first kappa shape index (κ1) is 19.1. The van der Waals surface area contributed by atoms with Crippen molar-refractivity contribution >= 4 is 29.9 Å². The second-order valence-corrected chi connectivity index (χ2v) is 6.26. The lowest BCUT2D eigenvalue weighted by Gasteiger charge is -2.16. The van der Waals surface area contributed by atoms with Crippen molar-refractivity contribution < 1.29 is 18.1 Å². The number of halogens is 2. The number of hydrogen-bond donors (Lipinski definition) is 1. The summed E-state index contributed by atoms with van der Waals surface area (Å²) >= 11 is 6.81. The quantitative estimate of drug-likeness (QED) is 0.309. The summed E-state index contributed by atoms with van der Waals surface area (Å²) in [7, 11) is 0. The van der Waals surface area contributed by atoms with Gasteiger partial charge in [-0.3, -0.25) is 4.79 Å². The van der Waals surface area contributed by atoms with Gasteiger partial charge in [-0.05, 0) is 42.3 Å². The molecule has 1 atom stereocenters. The average Bonchev–Trinajstić information content (AvgIpc) is 2.59. The van der Waals surface area contributed by atoms with Crippen LogP contribution < -0.4 is 5.73 Å². The van der Waals surface area contributed by atoms with Crippen LogP contribution in [0.1, 0.15) is 24.2 Å². The number of nitrogens with two attached hydrogens (primary N) is 1. The lowest BCUT2D eigenvalue weighted by atomic mass is 10.1. The Morgan fingerprint density at radius 2 is 2.04 bits per heavy atom. The van der Waals surface area contributed by atoms with Crippen molar-refractivity contribution in [3.8, 4) is 0 Å². The van der Waals surface area contributed by atoms with Crippen LogP contribution in [0.25, 0.3) is 0 Å². The standard InChI is InChI=1S/C18H17ClFNO3S/c1-12(14-5-7-15(19)8-6-14)23-18(21)17(10-22)24-25-11-13-3-2-4-16(20)9-13/h2-10,12H,11,21H2,1H3/b18-17+. The van der Waals surface area contributed by atoms with Crippen LogP contribution in [-0.2, 0) is 19.5 Å². The van der Waals surface area contributed by atoms with Gasteiger partial charge in [-0.2, -0.15) is 0 Å². The van der Waals surface area contributed by atoms with Crippen molar-refractivity contribution in [3.05, 3.63) is 82.1 Å². The zero-order valence-corrected chi connectivity index (χ0v) is 15.0. The first-order valence-electron chi connectivity index (χ1n) is 7.40. The molecule has 0 aliphatic carbocycles. The van der Waals surface area contributed by atoms with E-state index in [1.165, 1.54) is 12.1 Å². The molecule has 2 N–H and O–H groups in total. The van der Waals surface area contributed by atoms with Gasteiger partial charge >= 0.3 is 0 Å². The molecule has 0 heterocycles. The van der Waals surface area contributed by atoms with Crippen LogP contribution >= 0.6 is 23.6 Å². The minimum absolute atomic E-state index is 0.121. The largest absolute Gasteiger partial charge is 0.469 e. The molecule has 0 bridgehead atoms. The molecule has 0 aromatic heterocycles. The maximum atomic E-state index is 13.1. The highest BCUT2D eigenvalue weighted by Crippen LogP contribution is 2.23. The van der Waals surface area contributed by atoms with Gasteiger partial charge in [0.15, 0.2) is 6.29 Å². The molecular formula is C18H17ClFNO3S. The SMILES string of the molecule is CC(O/C(N)=C(\C=O)OSCc1cccc(F)c1)c1ccc(Cl)cc1. The number of carbonyl (C=O) groups excluding carboxylic acids is 1. The Bertz CT molecular complexity index is 752. The molecule has 4 nitrogen and oxygen atoms in total. The van der Waals surface area contributed by atoms with E-state index < -0.39 is 0 Å². The lowest BCUT2D eigenvalue weighted by molar-refractivity contribution is -0.106. The third-order valence-electron chi connectivity index (χ3n) is 3.26. The Hall–Kier alpha value is -2.18. The summed E-state index contributed by atoms with van der Waals surface area (Å²) in [5.74, 6) is -0.218. The highest BCUT2D eigenvalue weighted by Gasteiger charge is 2.13. The topological polar surface area (TPSA) is 61.5 Å². The molecule has 0 aliphatic heterocycles. The maximum absolute atomic E-state index is 13.1. The van der Waals surface area contributed by atoms with Gasteiger partial charge < -0.3 is 14.7 Å². The van der Waals surface area contributed by atoms with Crippen molar-refractivity contribution in [2.45, 2.75) is 18.8 Å². The van der Waals surface area contributed by atoms with E-state index in [1.54, 1.807) is 43.3 Å². The lowest BCUT2D eigenvalue weighted by Crippen LogP contribution is -2.11. The Morgan fingerprint density at radius 3 is 2.68 bits per heavy atom. The molecular weight excluding hydrogens is 365 g/mol. The van der Waals surface area contributed by atoms with Crippen LogP contribution in [0.4, 0.5) is 4.39 Å². The minimum Gasteiger partial charge on any atom is -0.469 e. The van der Waals surface area contributed by atoms with Gasteiger partial charge in [0, 0.05) is 5.02 Å². The van der Waals surface area contributed by atoms with Gasteiger partial charge in [0.25, 0.3) is 0 Å². The number of rotatable bonds is 8. The first-order chi connectivity index (χ1) is 12.0. The molecule has 7 heteroatoms. The highest BCUT2D eigenvalue weighted by atomic mass is 35.5. The Labute approximate surface area is 155 Å². The molecule has 0 fully saturated rings. The van der Waals surface area contributed by atoms with E-state index in [0.717, 1.165) is 23.2 Å². The van der Waals surface area contributed by atoms with Gasteiger partial charge in [0.05, 0.1) is 17.8 Å². The first-order valence-corrected chi connectivity index (χ1v) is 8.69. The predicted octanol–water partition coefficient (Wildman–Crippen LogP) is 4.75. The number of ether oxygens (including phenoxy) is 1. The molecule has 0 radical (unpaired) electrons. The molecule has 2 aromatic carbocycles. The molecule has 0 aliphatic rings. The summed E-state index contributed by atoms with van der Waals surface area (Å²) in [6.07, 6.45) is 0.0895. The van der Waals surface area contributed by atoms with E-state index >= 15 is 0 Å². The minimum atomic E-state index is -0.385. The maximum Gasteiger partial charge on any atom is 0.236 e. The number of carbonyl (C=O) groups is 1. The average molecular weight is 382 g/mol. The third-order valence-corrected chi connectivity index (χ3v) is 4.26. The number of hydrogen-bond acceptors (Lipinski definition) is 5. The van der Waals surface area contributed by atoms with Crippen molar-refractivity contribution in [2.24, 2.45) is 5.73 Å². The van der Waals surface area contributed by atoms with Crippen LogP contribution in [0.2, 0.25) is 5.02 Å². The summed E-state index contributed by atoms with van der Waals surface area (Å²) < 4.78 is 23.9. The Morgan fingerprint density at radius 1 is 1.32 bits per heavy atom. The molecule has 0 saturated carbocycles. The fraction of sp³-hybridized carbons (Fsp3) is 0.167. The second kappa shape index (κ2) is 9.34. The van der Waals surface area contributed by atoms with Gasteiger partial charge in [0.2, 0.25) is 11.6 Å². The highest BCUT2D eigenvalue weighted by molar-refractivity contribution is 7.94. The van der Waals surface area contributed by atoms with Crippen LogP contribution in [-0.4, -0.2) is 6.29 Å². The zero-order chi connectivity index (χ0) is 18.2. The molecule has 0 spiro atoms.